The van der Waals surface area contributed by atoms with Gasteiger partial charge in [-0.15, -0.1) is 0 Å². The number of rotatable bonds is 2. The topological polar surface area (TPSA) is 58.3 Å². The van der Waals surface area contributed by atoms with Gasteiger partial charge in [-0.05, 0) is 32.4 Å². The zero-order valence-corrected chi connectivity index (χ0v) is 11.1. The Labute approximate surface area is 112 Å². The number of nitrogens with zero attached hydrogens (tertiary/aromatic N) is 4. The molecule has 0 amide bonds. The summed E-state index contributed by atoms with van der Waals surface area (Å²) in [7, 11) is 0. The van der Waals surface area contributed by atoms with E-state index in [1.165, 1.54) is 32.4 Å². The monoisotopic (exact) mass is 267 g/mol. The molecule has 2 aliphatic heterocycles. The Kier molecular flexibility index (Phi) is 3.26. The van der Waals surface area contributed by atoms with Gasteiger partial charge in [0.15, 0.2) is 0 Å². The van der Waals surface area contributed by atoms with Gasteiger partial charge in [-0.1, -0.05) is 11.6 Å². The normalized spacial score (nSPS) is 24.9. The zero-order valence-electron chi connectivity index (χ0n) is 10.3. The maximum atomic E-state index is 5.92. The van der Waals surface area contributed by atoms with Crippen molar-refractivity contribution >= 4 is 23.4 Å². The highest BCUT2D eigenvalue weighted by molar-refractivity contribution is 6.29. The summed E-state index contributed by atoms with van der Waals surface area (Å²) in [6.07, 6.45) is 3.87. The second-order valence-electron chi connectivity index (χ2n) is 5.04. The van der Waals surface area contributed by atoms with Gasteiger partial charge in [-0.25, -0.2) is 4.98 Å². The quantitative estimate of drug-likeness (QED) is 0.821. The average molecular weight is 268 g/mol. The van der Waals surface area contributed by atoms with Gasteiger partial charge in [-0.2, -0.15) is 4.98 Å². The first-order valence-corrected chi connectivity index (χ1v) is 6.89. The molecule has 2 fully saturated rings. The van der Waals surface area contributed by atoms with Crippen molar-refractivity contribution in [2.24, 2.45) is 0 Å². The molecular formula is C12H18ClN5. The molecule has 6 heteroatoms. The first-order chi connectivity index (χ1) is 8.72. The van der Waals surface area contributed by atoms with E-state index in [0.717, 1.165) is 18.9 Å². The van der Waals surface area contributed by atoms with Gasteiger partial charge in [0, 0.05) is 25.2 Å². The molecule has 0 bridgehead atoms. The number of anilines is 2. The second kappa shape index (κ2) is 4.90. The lowest BCUT2D eigenvalue weighted by atomic mass is 10.2. The van der Waals surface area contributed by atoms with Gasteiger partial charge < -0.3 is 10.6 Å². The molecule has 0 radical (unpaired) electrons. The third kappa shape index (κ3) is 2.37. The van der Waals surface area contributed by atoms with Crippen molar-refractivity contribution in [2.75, 3.05) is 36.8 Å². The lowest BCUT2D eigenvalue weighted by Crippen LogP contribution is -2.35. The minimum absolute atomic E-state index is 0.252. The van der Waals surface area contributed by atoms with E-state index >= 15 is 0 Å². The van der Waals surface area contributed by atoms with Crippen molar-refractivity contribution in [3.8, 4) is 0 Å². The summed E-state index contributed by atoms with van der Waals surface area (Å²) in [5, 5.41) is 0.419. The molecule has 0 spiro atoms. The van der Waals surface area contributed by atoms with Crippen molar-refractivity contribution < 1.29 is 0 Å². The molecule has 2 N–H and O–H groups in total. The number of aromatic nitrogens is 2. The molecule has 0 saturated carbocycles. The number of nitrogens with two attached hydrogens (primary N) is 1. The molecule has 5 nitrogen and oxygen atoms in total. The highest BCUT2D eigenvalue weighted by atomic mass is 35.5. The summed E-state index contributed by atoms with van der Waals surface area (Å²) >= 11 is 5.92. The molecule has 3 heterocycles. The standard InChI is InChI=1S/C12H18ClN5/c13-10-7-11(16-12(14)15-10)18-6-3-9(8-18)17-4-1-2-5-17/h7,9H,1-6,8H2,(H2,14,15,16). The van der Waals surface area contributed by atoms with E-state index in [1.54, 1.807) is 6.07 Å². The van der Waals surface area contributed by atoms with Gasteiger partial charge in [0.1, 0.15) is 11.0 Å². The lowest BCUT2D eigenvalue weighted by Gasteiger charge is -2.24. The van der Waals surface area contributed by atoms with Gasteiger partial charge in [-0.3, -0.25) is 4.90 Å². The van der Waals surface area contributed by atoms with Crippen LogP contribution >= 0.6 is 11.6 Å². The first-order valence-electron chi connectivity index (χ1n) is 6.51. The van der Waals surface area contributed by atoms with Crippen LogP contribution < -0.4 is 10.6 Å². The third-order valence-corrected chi connectivity index (χ3v) is 4.04. The van der Waals surface area contributed by atoms with Crippen molar-refractivity contribution in [2.45, 2.75) is 25.3 Å². The number of likely N-dealkylation sites (tertiary alicyclic amines) is 1. The van der Waals surface area contributed by atoms with Crippen LogP contribution in [0, 0.1) is 0 Å². The fourth-order valence-corrected chi connectivity index (χ4v) is 3.12. The fraction of sp³-hybridized carbons (Fsp3) is 0.667. The molecule has 18 heavy (non-hydrogen) atoms. The Morgan fingerprint density at radius 2 is 2.00 bits per heavy atom. The molecule has 1 aromatic rings. The summed E-state index contributed by atoms with van der Waals surface area (Å²) in [6, 6.07) is 2.45. The van der Waals surface area contributed by atoms with Crippen LogP contribution in [-0.4, -0.2) is 47.1 Å². The van der Waals surface area contributed by atoms with Gasteiger partial charge >= 0.3 is 0 Å². The molecule has 3 rings (SSSR count). The van der Waals surface area contributed by atoms with E-state index < -0.39 is 0 Å². The van der Waals surface area contributed by atoms with Crippen LogP contribution in [0.3, 0.4) is 0 Å². The van der Waals surface area contributed by atoms with E-state index in [9.17, 15) is 0 Å². The molecular weight excluding hydrogens is 250 g/mol. The minimum Gasteiger partial charge on any atom is -0.368 e. The maximum Gasteiger partial charge on any atom is 0.223 e. The predicted molar refractivity (Wildman–Crippen MR) is 72.9 cm³/mol. The SMILES string of the molecule is Nc1nc(Cl)cc(N2CCC(N3CCCC3)C2)n1. The van der Waals surface area contributed by atoms with Crippen LogP contribution in [0.2, 0.25) is 5.15 Å². The predicted octanol–water partition coefficient (Wildman–Crippen LogP) is 1.39. The lowest BCUT2D eigenvalue weighted by molar-refractivity contribution is 0.260. The van der Waals surface area contributed by atoms with E-state index in [-0.39, 0.29) is 5.95 Å². The number of halogens is 1. The Hall–Kier alpha value is -1.07. The van der Waals surface area contributed by atoms with E-state index in [4.69, 9.17) is 17.3 Å². The van der Waals surface area contributed by atoms with Crippen LogP contribution in [-0.2, 0) is 0 Å². The highest BCUT2D eigenvalue weighted by Gasteiger charge is 2.30. The van der Waals surface area contributed by atoms with E-state index in [1.807, 2.05) is 0 Å². The molecule has 0 aromatic carbocycles. The first kappa shape index (κ1) is 12.0. The zero-order chi connectivity index (χ0) is 12.5. The Morgan fingerprint density at radius 1 is 1.22 bits per heavy atom. The highest BCUT2D eigenvalue weighted by Crippen LogP contribution is 2.25. The molecule has 2 saturated heterocycles. The van der Waals surface area contributed by atoms with Gasteiger partial charge in [0.2, 0.25) is 5.95 Å². The summed E-state index contributed by atoms with van der Waals surface area (Å²) < 4.78 is 0. The molecule has 1 unspecified atom stereocenters. The van der Waals surface area contributed by atoms with Gasteiger partial charge in [0.05, 0.1) is 0 Å². The Balaban J connectivity index is 1.70. The Morgan fingerprint density at radius 3 is 2.72 bits per heavy atom. The summed E-state index contributed by atoms with van der Waals surface area (Å²) in [5.74, 6) is 1.11. The molecule has 2 aliphatic rings. The fourth-order valence-electron chi connectivity index (χ4n) is 2.94. The minimum atomic E-state index is 0.252. The number of nitrogen functional groups attached to an aromatic ring is 1. The van der Waals surface area contributed by atoms with Crippen molar-refractivity contribution in [3.05, 3.63) is 11.2 Å². The maximum absolute atomic E-state index is 5.92. The smallest absolute Gasteiger partial charge is 0.223 e. The van der Waals surface area contributed by atoms with Crippen LogP contribution in [0.5, 0.6) is 0 Å². The number of hydrogen-bond donors (Lipinski definition) is 1. The molecule has 0 aliphatic carbocycles. The molecule has 98 valence electrons. The van der Waals surface area contributed by atoms with E-state index in [2.05, 4.69) is 19.8 Å². The van der Waals surface area contributed by atoms with Gasteiger partial charge in [0.25, 0.3) is 0 Å². The van der Waals surface area contributed by atoms with Crippen LogP contribution in [0.15, 0.2) is 6.07 Å². The molecule has 1 aromatic heterocycles. The Bertz CT molecular complexity index is 412. The second-order valence-corrected chi connectivity index (χ2v) is 5.43. The van der Waals surface area contributed by atoms with Crippen molar-refractivity contribution in [3.63, 3.8) is 0 Å². The van der Waals surface area contributed by atoms with E-state index in [0.29, 0.717) is 11.2 Å². The van der Waals surface area contributed by atoms with Crippen molar-refractivity contribution in [1.82, 2.24) is 14.9 Å². The molecule has 1 atom stereocenters. The average Bonchev–Trinajstić information content (AvgIpc) is 2.99. The summed E-state index contributed by atoms with van der Waals surface area (Å²) in [4.78, 5) is 13.0. The summed E-state index contributed by atoms with van der Waals surface area (Å²) in [6.45, 7) is 4.52. The van der Waals surface area contributed by atoms with Crippen LogP contribution in [0.1, 0.15) is 19.3 Å². The third-order valence-electron chi connectivity index (χ3n) is 3.84. The van der Waals surface area contributed by atoms with Crippen LogP contribution in [0.25, 0.3) is 0 Å². The largest absolute Gasteiger partial charge is 0.368 e. The van der Waals surface area contributed by atoms with Crippen molar-refractivity contribution in [1.29, 1.82) is 0 Å². The summed E-state index contributed by atoms with van der Waals surface area (Å²) in [5.41, 5.74) is 5.64. The van der Waals surface area contributed by atoms with Crippen LogP contribution in [0.4, 0.5) is 11.8 Å². The number of hydrogen-bond acceptors (Lipinski definition) is 5.